The maximum absolute atomic E-state index is 11.5. The molecule has 0 N–H and O–H groups in total. The molecule has 0 saturated carbocycles. The van der Waals surface area contributed by atoms with Gasteiger partial charge in [0.1, 0.15) is 24.2 Å². The minimum Gasteiger partial charge on any atom is -0.744 e. The number of anilines is 2. The van der Waals surface area contributed by atoms with Crippen LogP contribution in [0.3, 0.4) is 0 Å². The fraction of sp³-hybridized carbons (Fsp3) is 0.242. The molecule has 0 radical (unpaired) electrons. The van der Waals surface area contributed by atoms with E-state index in [4.69, 9.17) is 0 Å². The van der Waals surface area contributed by atoms with E-state index in [0.717, 1.165) is 57.0 Å². The summed E-state index contributed by atoms with van der Waals surface area (Å²) in [4.78, 5) is 4.06. The lowest BCUT2D eigenvalue weighted by Crippen LogP contribution is -2.22. The second-order valence-electron chi connectivity index (χ2n) is 10.4. The van der Waals surface area contributed by atoms with Crippen LogP contribution in [-0.2, 0) is 16.7 Å². The highest BCUT2D eigenvalue weighted by atomic mass is 32.2. The zero-order chi connectivity index (χ0) is 29.0. The maximum atomic E-state index is 11.5. The van der Waals surface area contributed by atoms with Gasteiger partial charge in [0.15, 0.2) is 5.71 Å². The molecule has 7 heteroatoms. The highest BCUT2D eigenvalue weighted by molar-refractivity contribution is 7.85. The molecule has 0 amide bonds. The van der Waals surface area contributed by atoms with E-state index in [0.29, 0.717) is 6.54 Å². The maximum Gasteiger partial charge on any atom is 0.199 e. The van der Waals surface area contributed by atoms with Crippen LogP contribution in [0.1, 0.15) is 29.2 Å². The fourth-order valence-electron chi connectivity index (χ4n) is 4.86. The zero-order valence-electron chi connectivity index (χ0n) is 24.0. The van der Waals surface area contributed by atoms with Crippen LogP contribution in [0.25, 0.3) is 5.57 Å². The lowest BCUT2D eigenvalue weighted by molar-refractivity contribution is -0.462. The van der Waals surface area contributed by atoms with Crippen molar-refractivity contribution < 1.29 is 17.5 Å². The number of hydrogen-bond donors (Lipinski definition) is 0. The Bertz CT molecular complexity index is 1610. The van der Waals surface area contributed by atoms with E-state index < -0.39 is 10.1 Å². The lowest BCUT2D eigenvalue weighted by atomic mass is 9.88. The molecule has 3 aromatic rings. The van der Waals surface area contributed by atoms with Crippen LogP contribution in [-0.4, -0.2) is 58.0 Å². The van der Waals surface area contributed by atoms with Crippen molar-refractivity contribution in [1.29, 1.82) is 0 Å². The van der Waals surface area contributed by atoms with Gasteiger partial charge in [-0.2, -0.15) is 0 Å². The molecule has 1 aliphatic rings. The van der Waals surface area contributed by atoms with Crippen molar-refractivity contribution >= 4 is 32.8 Å². The third kappa shape index (κ3) is 6.61. The van der Waals surface area contributed by atoms with E-state index in [9.17, 15) is 13.0 Å². The van der Waals surface area contributed by atoms with Crippen molar-refractivity contribution in [3.05, 3.63) is 119 Å². The van der Waals surface area contributed by atoms with Crippen LogP contribution in [0.15, 0.2) is 102 Å². The Hall–Kier alpha value is -3.94. The van der Waals surface area contributed by atoms with Gasteiger partial charge < -0.3 is 14.4 Å². The van der Waals surface area contributed by atoms with Gasteiger partial charge in [-0.1, -0.05) is 30.3 Å². The SMILES string of the molecule is CCN(Cc1cccc(S(=O)(=O)[O-])c1)c1ccc(C(=C2C=CC(=[N+](C)C)C=C2)c2ccc(N(C)C)cc2)c(C)c1. The first-order valence-corrected chi connectivity index (χ1v) is 14.7. The predicted octanol–water partition coefficient (Wildman–Crippen LogP) is 5.63. The molecule has 208 valence electrons. The molecule has 0 spiro atoms. The van der Waals surface area contributed by atoms with Crippen LogP contribution in [0.2, 0.25) is 0 Å². The molecule has 0 fully saturated rings. The first-order valence-electron chi connectivity index (χ1n) is 13.3. The Kier molecular flexibility index (Phi) is 8.76. The van der Waals surface area contributed by atoms with E-state index in [1.165, 1.54) is 12.1 Å². The predicted molar refractivity (Wildman–Crippen MR) is 164 cm³/mol. The van der Waals surface area contributed by atoms with Crippen molar-refractivity contribution in [2.75, 3.05) is 44.5 Å². The molecule has 0 heterocycles. The van der Waals surface area contributed by atoms with Gasteiger partial charge in [-0.05, 0) is 95.8 Å². The summed E-state index contributed by atoms with van der Waals surface area (Å²) < 4.78 is 36.6. The van der Waals surface area contributed by atoms with Gasteiger partial charge in [0.25, 0.3) is 0 Å². The summed E-state index contributed by atoms with van der Waals surface area (Å²) in [6.45, 7) is 5.40. The minimum absolute atomic E-state index is 0.201. The Balaban J connectivity index is 1.75. The molecule has 6 nitrogen and oxygen atoms in total. The fourth-order valence-corrected chi connectivity index (χ4v) is 5.40. The van der Waals surface area contributed by atoms with Gasteiger partial charge in [-0.15, -0.1) is 0 Å². The van der Waals surface area contributed by atoms with Gasteiger partial charge in [-0.3, -0.25) is 0 Å². The van der Waals surface area contributed by atoms with E-state index >= 15 is 0 Å². The Morgan fingerprint density at radius 1 is 0.875 bits per heavy atom. The summed E-state index contributed by atoms with van der Waals surface area (Å²) in [6.07, 6.45) is 8.63. The van der Waals surface area contributed by atoms with Crippen LogP contribution in [0, 0.1) is 6.92 Å². The normalized spacial score (nSPS) is 13.0. The number of aryl methyl sites for hydroxylation is 1. The zero-order valence-corrected chi connectivity index (χ0v) is 24.9. The molecule has 4 rings (SSSR count). The highest BCUT2D eigenvalue weighted by Crippen LogP contribution is 2.34. The largest absolute Gasteiger partial charge is 0.744 e. The Morgan fingerprint density at radius 3 is 2.08 bits per heavy atom. The molecule has 0 bridgehead atoms. The second-order valence-corrected chi connectivity index (χ2v) is 11.8. The Labute approximate surface area is 238 Å². The number of rotatable bonds is 8. The van der Waals surface area contributed by atoms with Gasteiger partial charge in [0, 0.05) is 50.7 Å². The summed E-state index contributed by atoms with van der Waals surface area (Å²) in [5.74, 6) is 0. The van der Waals surface area contributed by atoms with E-state index in [-0.39, 0.29) is 4.90 Å². The molecular formula is C33H37N3O3S. The lowest BCUT2D eigenvalue weighted by Gasteiger charge is -2.25. The van der Waals surface area contributed by atoms with Crippen LogP contribution in [0.5, 0.6) is 0 Å². The van der Waals surface area contributed by atoms with Gasteiger partial charge in [-0.25, -0.2) is 13.0 Å². The standard InChI is InChI=1S/C33H37N3O3S/c1-7-36(23-25-9-8-10-31(22-25)40(37,38)39)30-19-20-32(24(2)21-30)33(26-11-15-28(16-12-26)34(3)4)27-13-17-29(18-14-27)35(5)6/h8-22H,7,23H2,1-6H3. The van der Waals surface area contributed by atoms with Crippen molar-refractivity contribution in [3.63, 3.8) is 0 Å². The van der Waals surface area contributed by atoms with Crippen molar-refractivity contribution in [2.24, 2.45) is 0 Å². The summed E-state index contributed by atoms with van der Waals surface area (Å²) in [7, 11) is 3.66. The van der Waals surface area contributed by atoms with Gasteiger partial charge >= 0.3 is 0 Å². The van der Waals surface area contributed by atoms with E-state index in [2.05, 4.69) is 95.0 Å². The molecule has 0 unspecified atom stereocenters. The van der Waals surface area contributed by atoms with Crippen LogP contribution >= 0.6 is 0 Å². The molecule has 1 aliphatic carbocycles. The smallest absolute Gasteiger partial charge is 0.199 e. The summed E-state index contributed by atoms with van der Waals surface area (Å²) in [6, 6.07) is 21.4. The molecule has 3 aromatic carbocycles. The Morgan fingerprint density at radius 2 is 1.52 bits per heavy atom. The van der Waals surface area contributed by atoms with Crippen molar-refractivity contribution in [2.45, 2.75) is 25.3 Å². The minimum atomic E-state index is -4.50. The molecule has 0 aromatic heterocycles. The van der Waals surface area contributed by atoms with E-state index in [1.54, 1.807) is 6.07 Å². The number of nitrogens with zero attached hydrogens (tertiary/aromatic N) is 3. The molecule has 0 aliphatic heterocycles. The number of hydrogen-bond acceptors (Lipinski definition) is 5. The highest BCUT2D eigenvalue weighted by Gasteiger charge is 2.17. The first-order chi connectivity index (χ1) is 19.0. The van der Waals surface area contributed by atoms with Crippen LogP contribution in [0.4, 0.5) is 11.4 Å². The van der Waals surface area contributed by atoms with Gasteiger partial charge in [0.05, 0.1) is 4.90 Å². The number of benzene rings is 3. The first kappa shape index (κ1) is 29.1. The third-order valence-corrected chi connectivity index (χ3v) is 7.96. The van der Waals surface area contributed by atoms with Crippen LogP contribution < -0.4 is 9.80 Å². The van der Waals surface area contributed by atoms with Gasteiger partial charge in [0.2, 0.25) is 0 Å². The monoisotopic (exact) mass is 555 g/mol. The van der Waals surface area contributed by atoms with Crippen molar-refractivity contribution in [1.82, 2.24) is 0 Å². The summed E-state index contributed by atoms with van der Waals surface area (Å²) in [5.41, 5.74) is 9.82. The average Bonchev–Trinajstić information content (AvgIpc) is 2.93. The summed E-state index contributed by atoms with van der Waals surface area (Å²) in [5, 5.41) is 0. The molecular weight excluding hydrogens is 518 g/mol. The van der Waals surface area contributed by atoms with Crippen molar-refractivity contribution in [3.8, 4) is 0 Å². The topological polar surface area (TPSA) is 66.7 Å². The average molecular weight is 556 g/mol. The summed E-state index contributed by atoms with van der Waals surface area (Å²) >= 11 is 0. The number of allylic oxidation sites excluding steroid dienone is 5. The van der Waals surface area contributed by atoms with E-state index in [1.807, 2.05) is 34.3 Å². The molecule has 0 saturated heterocycles. The second kappa shape index (κ2) is 12.1. The third-order valence-electron chi connectivity index (χ3n) is 7.13. The quantitative estimate of drug-likeness (QED) is 0.266. The molecule has 40 heavy (non-hydrogen) atoms. The molecule has 0 atom stereocenters.